The van der Waals surface area contributed by atoms with E-state index in [4.69, 9.17) is 17.3 Å². The van der Waals surface area contributed by atoms with Gasteiger partial charge in [-0.2, -0.15) is 0 Å². The molecule has 0 bridgehead atoms. The van der Waals surface area contributed by atoms with Gasteiger partial charge in [0.2, 0.25) is 0 Å². The number of rotatable bonds is 2. The van der Waals surface area contributed by atoms with Crippen LogP contribution in [0.1, 0.15) is 25.7 Å². The summed E-state index contributed by atoms with van der Waals surface area (Å²) < 4.78 is 0. The van der Waals surface area contributed by atoms with E-state index in [1.807, 2.05) is 0 Å². The van der Waals surface area contributed by atoms with Gasteiger partial charge in [-0.3, -0.25) is 4.98 Å². The molecule has 0 spiro atoms. The summed E-state index contributed by atoms with van der Waals surface area (Å²) in [5.74, 6) is 0. The van der Waals surface area contributed by atoms with Crippen LogP contribution >= 0.6 is 11.6 Å². The molecule has 14 heavy (non-hydrogen) atoms. The molecule has 1 heterocycles. The van der Waals surface area contributed by atoms with E-state index in [1.54, 1.807) is 12.4 Å². The zero-order valence-corrected chi connectivity index (χ0v) is 8.72. The van der Waals surface area contributed by atoms with E-state index in [2.05, 4.69) is 10.3 Å². The van der Waals surface area contributed by atoms with Gasteiger partial charge in [0.05, 0.1) is 22.6 Å². The normalized spacial score (nSPS) is 17.2. The third kappa shape index (κ3) is 1.93. The highest BCUT2D eigenvalue weighted by Gasteiger charge is 2.16. The SMILES string of the molecule is Nc1cncc(Cl)c1NC1CCCC1. The van der Waals surface area contributed by atoms with Gasteiger partial charge in [0.1, 0.15) is 0 Å². The smallest absolute Gasteiger partial charge is 0.0841 e. The van der Waals surface area contributed by atoms with Crippen molar-refractivity contribution in [2.45, 2.75) is 31.7 Å². The Labute approximate surface area is 88.7 Å². The highest BCUT2D eigenvalue weighted by molar-refractivity contribution is 6.33. The number of nitrogens with two attached hydrogens (primary N) is 1. The summed E-state index contributed by atoms with van der Waals surface area (Å²) in [5, 5.41) is 3.99. The molecule has 1 aromatic rings. The number of nitrogens with zero attached hydrogens (tertiary/aromatic N) is 1. The van der Waals surface area contributed by atoms with Crippen molar-refractivity contribution in [1.82, 2.24) is 4.98 Å². The maximum absolute atomic E-state index is 6.00. The topological polar surface area (TPSA) is 50.9 Å². The molecule has 0 saturated heterocycles. The van der Waals surface area contributed by atoms with Crippen LogP contribution < -0.4 is 11.1 Å². The van der Waals surface area contributed by atoms with Crippen LogP contribution in [0.2, 0.25) is 5.02 Å². The maximum Gasteiger partial charge on any atom is 0.0841 e. The van der Waals surface area contributed by atoms with Crippen molar-refractivity contribution in [2.75, 3.05) is 11.1 Å². The van der Waals surface area contributed by atoms with E-state index in [0.717, 1.165) is 5.69 Å². The average Bonchev–Trinajstić information content (AvgIpc) is 2.64. The molecular formula is C10H14ClN3. The molecular weight excluding hydrogens is 198 g/mol. The third-order valence-corrected chi connectivity index (χ3v) is 2.92. The second-order valence-corrected chi connectivity index (χ2v) is 4.12. The number of halogens is 1. The molecule has 76 valence electrons. The third-order valence-electron chi connectivity index (χ3n) is 2.63. The second kappa shape index (κ2) is 4.05. The first-order valence-electron chi connectivity index (χ1n) is 4.93. The zero-order chi connectivity index (χ0) is 9.97. The van der Waals surface area contributed by atoms with Gasteiger partial charge in [0, 0.05) is 12.2 Å². The number of nitrogen functional groups attached to an aromatic ring is 1. The summed E-state index contributed by atoms with van der Waals surface area (Å²) in [5.41, 5.74) is 7.26. The Morgan fingerprint density at radius 2 is 2.07 bits per heavy atom. The van der Waals surface area contributed by atoms with Crippen LogP contribution in [0.4, 0.5) is 11.4 Å². The van der Waals surface area contributed by atoms with Crippen molar-refractivity contribution in [1.29, 1.82) is 0 Å². The lowest BCUT2D eigenvalue weighted by Crippen LogP contribution is -2.16. The summed E-state index contributed by atoms with van der Waals surface area (Å²) in [6.07, 6.45) is 8.25. The highest BCUT2D eigenvalue weighted by Crippen LogP contribution is 2.30. The van der Waals surface area contributed by atoms with Crippen molar-refractivity contribution in [3.05, 3.63) is 17.4 Å². The minimum absolute atomic E-state index is 0.525. The van der Waals surface area contributed by atoms with Gasteiger partial charge in [-0.05, 0) is 12.8 Å². The Kier molecular flexibility index (Phi) is 2.77. The largest absolute Gasteiger partial charge is 0.396 e. The fourth-order valence-corrected chi connectivity index (χ4v) is 2.10. The van der Waals surface area contributed by atoms with E-state index in [0.29, 0.717) is 16.8 Å². The zero-order valence-electron chi connectivity index (χ0n) is 7.96. The lowest BCUT2D eigenvalue weighted by Gasteiger charge is -2.16. The van der Waals surface area contributed by atoms with E-state index in [1.165, 1.54) is 25.7 Å². The lowest BCUT2D eigenvalue weighted by molar-refractivity contribution is 0.756. The molecule has 1 fully saturated rings. The van der Waals surface area contributed by atoms with E-state index >= 15 is 0 Å². The molecule has 0 atom stereocenters. The van der Waals surface area contributed by atoms with Crippen LogP contribution in [0, 0.1) is 0 Å². The number of hydrogen-bond acceptors (Lipinski definition) is 3. The van der Waals surface area contributed by atoms with Gasteiger partial charge in [0.15, 0.2) is 0 Å². The quantitative estimate of drug-likeness (QED) is 0.791. The molecule has 2 rings (SSSR count). The maximum atomic E-state index is 6.00. The number of pyridine rings is 1. The van der Waals surface area contributed by atoms with Crippen LogP contribution in [-0.2, 0) is 0 Å². The molecule has 1 aliphatic carbocycles. The van der Waals surface area contributed by atoms with Gasteiger partial charge in [-0.1, -0.05) is 24.4 Å². The minimum Gasteiger partial charge on any atom is -0.396 e. The summed E-state index contributed by atoms with van der Waals surface area (Å²) in [7, 11) is 0. The van der Waals surface area contributed by atoms with E-state index < -0.39 is 0 Å². The van der Waals surface area contributed by atoms with Crippen LogP contribution in [0.15, 0.2) is 12.4 Å². The molecule has 0 radical (unpaired) electrons. The first kappa shape index (κ1) is 9.59. The first-order chi connectivity index (χ1) is 6.77. The van der Waals surface area contributed by atoms with Crippen LogP contribution in [-0.4, -0.2) is 11.0 Å². The summed E-state index contributed by atoms with van der Waals surface area (Å²) in [6.45, 7) is 0. The van der Waals surface area contributed by atoms with E-state index in [-0.39, 0.29) is 0 Å². The number of aromatic nitrogens is 1. The average molecular weight is 212 g/mol. The molecule has 1 aromatic heterocycles. The number of nitrogens with one attached hydrogen (secondary N) is 1. The molecule has 4 heteroatoms. The van der Waals surface area contributed by atoms with Crippen molar-refractivity contribution >= 4 is 23.0 Å². The molecule has 0 aliphatic heterocycles. The highest BCUT2D eigenvalue weighted by atomic mass is 35.5. The Bertz CT molecular complexity index is 301. The Balaban J connectivity index is 2.14. The van der Waals surface area contributed by atoms with Crippen molar-refractivity contribution in [2.24, 2.45) is 0 Å². The molecule has 0 aromatic carbocycles. The molecule has 0 amide bonds. The van der Waals surface area contributed by atoms with Crippen molar-refractivity contribution in [3.8, 4) is 0 Å². The Hall–Kier alpha value is -0.960. The number of hydrogen-bond donors (Lipinski definition) is 2. The minimum atomic E-state index is 0.525. The summed E-state index contributed by atoms with van der Waals surface area (Å²) in [4.78, 5) is 3.92. The fraction of sp³-hybridized carbons (Fsp3) is 0.500. The predicted molar refractivity (Wildman–Crippen MR) is 59.5 cm³/mol. The van der Waals surface area contributed by atoms with Crippen molar-refractivity contribution in [3.63, 3.8) is 0 Å². The van der Waals surface area contributed by atoms with E-state index in [9.17, 15) is 0 Å². The monoisotopic (exact) mass is 211 g/mol. The molecule has 3 nitrogen and oxygen atoms in total. The standard InChI is InChI=1S/C10H14ClN3/c11-8-5-13-6-9(12)10(8)14-7-3-1-2-4-7/h5-7H,1-4,12H2,(H,13,14). The predicted octanol–water partition coefficient (Wildman–Crippen LogP) is 2.67. The van der Waals surface area contributed by atoms with Crippen LogP contribution in [0.5, 0.6) is 0 Å². The molecule has 1 saturated carbocycles. The van der Waals surface area contributed by atoms with Gasteiger partial charge >= 0.3 is 0 Å². The summed E-state index contributed by atoms with van der Waals surface area (Å²) in [6, 6.07) is 0.525. The molecule has 1 aliphatic rings. The van der Waals surface area contributed by atoms with Gasteiger partial charge in [-0.15, -0.1) is 0 Å². The molecule has 0 unspecified atom stereocenters. The van der Waals surface area contributed by atoms with Crippen molar-refractivity contribution < 1.29 is 0 Å². The summed E-state index contributed by atoms with van der Waals surface area (Å²) >= 11 is 6.00. The Morgan fingerprint density at radius 1 is 1.36 bits per heavy atom. The van der Waals surface area contributed by atoms with Gasteiger partial charge in [-0.25, -0.2) is 0 Å². The first-order valence-corrected chi connectivity index (χ1v) is 5.30. The Morgan fingerprint density at radius 3 is 2.71 bits per heavy atom. The molecule has 3 N–H and O–H groups in total. The lowest BCUT2D eigenvalue weighted by atomic mass is 10.2. The second-order valence-electron chi connectivity index (χ2n) is 3.71. The van der Waals surface area contributed by atoms with Crippen LogP contribution in [0.25, 0.3) is 0 Å². The fourth-order valence-electron chi connectivity index (χ4n) is 1.88. The van der Waals surface area contributed by atoms with Gasteiger partial charge < -0.3 is 11.1 Å². The van der Waals surface area contributed by atoms with Crippen LogP contribution in [0.3, 0.4) is 0 Å². The van der Waals surface area contributed by atoms with Gasteiger partial charge in [0.25, 0.3) is 0 Å². The number of anilines is 2.